The number of nitrogens with zero attached hydrogens (tertiary/aromatic N) is 2. The summed E-state index contributed by atoms with van der Waals surface area (Å²) < 4.78 is 4.50. The lowest BCUT2D eigenvalue weighted by atomic mass is 10.3. The Morgan fingerprint density at radius 3 is 2.44 bits per heavy atom. The SMILES string of the molecule is C/C=C/c1n(CC)c2cc(Cl)c(Cl)cc2[n+]1CC. The lowest BCUT2D eigenvalue weighted by Crippen LogP contribution is -2.35. The molecule has 0 saturated heterocycles. The van der Waals surface area contributed by atoms with Crippen LogP contribution >= 0.6 is 23.2 Å². The minimum absolute atomic E-state index is 0.603. The molecule has 0 amide bonds. The maximum atomic E-state index is 6.13. The second kappa shape index (κ2) is 5.33. The molecule has 0 aliphatic heterocycles. The van der Waals surface area contributed by atoms with Gasteiger partial charge < -0.3 is 0 Å². The van der Waals surface area contributed by atoms with Gasteiger partial charge in [-0.2, -0.15) is 0 Å². The van der Waals surface area contributed by atoms with Gasteiger partial charge in [-0.05, 0) is 20.8 Å². The number of allylic oxidation sites excluding steroid dienone is 1. The Labute approximate surface area is 117 Å². The Morgan fingerprint density at radius 1 is 1.22 bits per heavy atom. The van der Waals surface area contributed by atoms with E-state index in [-0.39, 0.29) is 0 Å². The van der Waals surface area contributed by atoms with Crippen LogP contribution in [-0.2, 0) is 13.1 Å². The molecular weight excluding hydrogens is 267 g/mol. The molecule has 2 rings (SSSR count). The smallest absolute Gasteiger partial charge is 0.224 e. The molecule has 0 radical (unpaired) electrons. The van der Waals surface area contributed by atoms with E-state index in [1.807, 2.05) is 19.1 Å². The number of aryl methyl sites for hydroxylation is 2. The fourth-order valence-electron chi connectivity index (χ4n) is 2.34. The second-order valence-electron chi connectivity index (χ2n) is 4.10. The summed E-state index contributed by atoms with van der Waals surface area (Å²) in [5, 5.41) is 1.21. The molecule has 1 aromatic carbocycles. The fourth-order valence-corrected chi connectivity index (χ4v) is 2.66. The van der Waals surface area contributed by atoms with Gasteiger partial charge in [0.15, 0.2) is 11.0 Å². The van der Waals surface area contributed by atoms with Crippen molar-refractivity contribution in [2.75, 3.05) is 0 Å². The molecule has 1 heterocycles. The maximum Gasteiger partial charge on any atom is 0.282 e. The van der Waals surface area contributed by atoms with Gasteiger partial charge in [0.2, 0.25) is 0 Å². The summed E-state index contributed by atoms with van der Waals surface area (Å²) in [5.41, 5.74) is 2.25. The van der Waals surface area contributed by atoms with E-state index < -0.39 is 0 Å². The van der Waals surface area contributed by atoms with Crippen LogP contribution < -0.4 is 4.57 Å². The largest absolute Gasteiger partial charge is 0.282 e. The third-order valence-electron chi connectivity index (χ3n) is 3.10. The van der Waals surface area contributed by atoms with Crippen molar-refractivity contribution in [2.45, 2.75) is 33.9 Å². The van der Waals surface area contributed by atoms with Crippen molar-refractivity contribution >= 4 is 40.3 Å². The molecule has 0 aliphatic rings. The van der Waals surface area contributed by atoms with Gasteiger partial charge in [0.25, 0.3) is 5.82 Å². The first kappa shape index (κ1) is 13.4. The Hall–Kier alpha value is -0.990. The highest BCUT2D eigenvalue weighted by atomic mass is 35.5. The first-order valence-electron chi connectivity index (χ1n) is 6.17. The van der Waals surface area contributed by atoms with E-state index in [9.17, 15) is 0 Å². The fraction of sp³-hybridized carbons (Fsp3) is 0.357. The lowest BCUT2D eigenvalue weighted by Gasteiger charge is -1.96. The Kier molecular flexibility index (Phi) is 3.98. The van der Waals surface area contributed by atoms with E-state index in [1.54, 1.807) is 0 Å². The average molecular weight is 284 g/mol. The zero-order chi connectivity index (χ0) is 13.3. The van der Waals surface area contributed by atoms with Crippen LogP contribution in [0.3, 0.4) is 0 Å². The van der Waals surface area contributed by atoms with E-state index in [0.29, 0.717) is 10.0 Å². The zero-order valence-electron chi connectivity index (χ0n) is 10.9. The summed E-state index contributed by atoms with van der Waals surface area (Å²) in [6.45, 7) is 8.10. The topological polar surface area (TPSA) is 8.81 Å². The van der Waals surface area contributed by atoms with Crippen molar-refractivity contribution in [2.24, 2.45) is 0 Å². The molecule has 0 aliphatic carbocycles. The van der Waals surface area contributed by atoms with Gasteiger partial charge in [-0.3, -0.25) is 0 Å². The summed E-state index contributed by atoms with van der Waals surface area (Å²) in [5.74, 6) is 1.18. The van der Waals surface area contributed by atoms with Gasteiger partial charge in [-0.15, -0.1) is 0 Å². The Balaban J connectivity index is 2.90. The van der Waals surface area contributed by atoms with Crippen molar-refractivity contribution in [3.8, 4) is 0 Å². The molecule has 1 aromatic heterocycles. The maximum absolute atomic E-state index is 6.13. The highest BCUT2D eigenvalue weighted by molar-refractivity contribution is 6.42. The highest BCUT2D eigenvalue weighted by Gasteiger charge is 2.22. The first-order chi connectivity index (χ1) is 8.63. The van der Waals surface area contributed by atoms with Gasteiger partial charge in [-0.25, -0.2) is 9.13 Å². The number of fused-ring (bicyclic) bond motifs is 1. The Morgan fingerprint density at radius 2 is 1.89 bits per heavy atom. The summed E-state index contributed by atoms with van der Waals surface area (Å²) >= 11 is 12.3. The molecule has 0 unspecified atom stereocenters. The van der Waals surface area contributed by atoms with Crippen LogP contribution in [0.4, 0.5) is 0 Å². The van der Waals surface area contributed by atoms with Crippen LogP contribution in [0, 0.1) is 0 Å². The Bertz CT molecular complexity index is 565. The molecule has 0 spiro atoms. The second-order valence-corrected chi connectivity index (χ2v) is 4.92. The summed E-state index contributed by atoms with van der Waals surface area (Å²) in [6, 6.07) is 3.89. The predicted molar refractivity (Wildman–Crippen MR) is 78.2 cm³/mol. The van der Waals surface area contributed by atoms with Crippen molar-refractivity contribution in [1.82, 2.24) is 4.57 Å². The normalized spacial score (nSPS) is 11.8. The highest BCUT2D eigenvalue weighted by Crippen LogP contribution is 2.28. The number of benzene rings is 1. The lowest BCUT2D eigenvalue weighted by molar-refractivity contribution is -0.670. The average Bonchev–Trinajstić information content (AvgIpc) is 2.63. The van der Waals surface area contributed by atoms with Crippen LogP contribution in [0.1, 0.15) is 26.6 Å². The molecule has 2 nitrogen and oxygen atoms in total. The van der Waals surface area contributed by atoms with Gasteiger partial charge in [0.05, 0.1) is 23.1 Å². The van der Waals surface area contributed by atoms with Gasteiger partial charge in [0.1, 0.15) is 0 Å². The number of hydrogen-bond donors (Lipinski definition) is 0. The number of hydrogen-bond acceptors (Lipinski definition) is 0. The van der Waals surface area contributed by atoms with Crippen molar-refractivity contribution in [3.05, 3.63) is 34.1 Å². The van der Waals surface area contributed by atoms with Crippen molar-refractivity contribution in [3.63, 3.8) is 0 Å². The molecule has 18 heavy (non-hydrogen) atoms. The molecule has 0 atom stereocenters. The number of aromatic nitrogens is 2. The van der Waals surface area contributed by atoms with Gasteiger partial charge in [0, 0.05) is 18.2 Å². The summed E-state index contributed by atoms with van der Waals surface area (Å²) in [7, 11) is 0. The number of rotatable bonds is 3. The third kappa shape index (κ3) is 2.04. The van der Waals surface area contributed by atoms with Crippen molar-refractivity contribution < 1.29 is 4.57 Å². The summed E-state index contributed by atoms with van der Waals surface area (Å²) in [6.07, 6.45) is 4.17. The molecular formula is C14H17Cl2N2+. The van der Waals surface area contributed by atoms with Crippen LogP contribution in [0.2, 0.25) is 10.0 Å². The van der Waals surface area contributed by atoms with E-state index in [1.165, 1.54) is 5.82 Å². The first-order valence-corrected chi connectivity index (χ1v) is 6.93. The summed E-state index contributed by atoms with van der Waals surface area (Å²) in [4.78, 5) is 0. The predicted octanol–water partition coefficient (Wildman–Crippen LogP) is 4.31. The molecule has 4 heteroatoms. The van der Waals surface area contributed by atoms with Crippen LogP contribution in [0.25, 0.3) is 17.1 Å². The van der Waals surface area contributed by atoms with Crippen LogP contribution in [-0.4, -0.2) is 4.57 Å². The van der Waals surface area contributed by atoms with Gasteiger partial charge in [-0.1, -0.05) is 29.3 Å². The van der Waals surface area contributed by atoms with E-state index in [0.717, 1.165) is 24.1 Å². The molecule has 96 valence electrons. The zero-order valence-corrected chi connectivity index (χ0v) is 12.4. The van der Waals surface area contributed by atoms with Crippen molar-refractivity contribution in [1.29, 1.82) is 0 Å². The van der Waals surface area contributed by atoms with E-state index in [4.69, 9.17) is 23.2 Å². The van der Waals surface area contributed by atoms with E-state index in [2.05, 4.69) is 35.1 Å². The molecule has 0 N–H and O–H groups in total. The van der Waals surface area contributed by atoms with Gasteiger partial charge >= 0.3 is 0 Å². The molecule has 0 bridgehead atoms. The minimum Gasteiger partial charge on any atom is -0.224 e. The molecule has 0 saturated carbocycles. The molecule has 2 aromatic rings. The molecule has 0 fully saturated rings. The van der Waals surface area contributed by atoms with Crippen LogP contribution in [0.5, 0.6) is 0 Å². The quantitative estimate of drug-likeness (QED) is 0.743. The van der Waals surface area contributed by atoms with Crippen LogP contribution in [0.15, 0.2) is 18.2 Å². The third-order valence-corrected chi connectivity index (χ3v) is 3.82. The number of halogens is 2. The standard InChI is InChI=1S/C14H17Cl2N2/c1-4-7-14-17(5-2)12-8-10(15)11(16)9-13(12)18(14)6-3/h4,7-9H,5-6H2,1-3H3/q+1/b7-4+. The van der Waals surface area contributed by atoms with E-state index >= 15 is 0 Å². The minimum atomic E-state index is 0.603. The number of imidazole rings is 1. The monoisotopic (exact) mass is 283 g/mol.